The molecule has 0 amide bonds. The summed E-state index contributed by atoms with van der Waals surface area (Å²) < 4.78 is 22.2. The van der Waals surface area contributed by atoms with Crippen molar-refractivity contribution in [1.29, 1.82) is 0 Å². The average Bonchev–Trinajstić information content (AvgIpc) is 2.72. The van der Waals surface area contributed by atoms with Crippen LogP contribution in [0.15, 0.2) is 0 Å². The Hall–Kier alpha value is 0.115. The van der Waals surface area contributed by atoms with Crippen molar-refractivity contribution in [2.24, 2.45) is 0 Å². The van der Waals surface area contributed by atoms with Crippen LogP contribution in [0, 0.1) is 5.81 Å². The Morgan fingerprint density at radius 1 is 1.47 bits per heavy atom. The van der Waals surface area contributed by atoms with Crippen LogP contribution in [0.4, 0.5) is 0 Å². The van der Waals surface area contributed by atoms with E-state index >= 15 is 0 Å². The number of hydrogen-bond donors (Lipinski definition) is 0. The summed E-state index contributed by atoms with van der Waals surface area (Å²) in [5, 5.41) is 0. The molecule has 0 aromatic rings. The molecule has 1 spiro atoms. The molecule has 78 valence electrons. The first kappa shape index (κ1) is 10.3. The Morgan fingerprint density at radius 2 is 2.40 bits per heavy atom. The molecular formula is C9H11BO4P+. The topological polar surface area (TPSA) is 36.9 Å². The fourth-order valence-corrected chi connectivity index (χ4v) is 2.93. The normalized spacial score (nSPS) is 48.9. The van der Waals surface area contributed by atoms with E-state index < -0.39 is 11.6 Å². The van der Waals surface area contributed by atoms with E-state index in [2.05, 4.69) is 5.81 Å². The second kappa shape index (κ2) is 3.85. The Kier molecular flexibility index (Phi) is 2.64. The Labute approximate surface area is 91.2 Å². The van der Waals surface area contributed by atoms with E-state index in [1.807, 2.05) is 0 Å². The van der Waals surface area contributed by atoms with E-state index in [1.54, 1.807) is 0 Å². The molecule has 2 saturated heterocycles. The summed E-state index contributed by atoms with van der Waals surface area (Å²) in [6, 6.07) is -0.421. The molecule has 0 aromatic carbocycles. The first-order valence-electron chi connectivity index (χ1n) is 5.10. The standard InChI is InChI=1S/C9H11BO4P/c10-8-9(2-1-3-12-9)7-6(14-8)4-13-15-5-11-7/h6-8H,1-4H2/q+1/t6?,7-,8?,9-/m1/s1. The zero-order chi connectivity index (χ0) is 10.3. The molecule has 3 aliphatic rings. The van der Waals surface area contributed by atoms with Gasteiger partial charge in [-0.05, 0) is 0 Å². The Bertz CT molecular complexity index is 320. The predicted molar refractivity (Wildman–Crippen MR) is 54.0 cm³/mol. The number of hydrogen-bond acceptors (Lipinski definition) is 4. The molecule has 0 aromatic heterocycles. The zero-order valence-electron chi connectivity index (χ0n) is 8.22. The van der Waals surface area contributed by atoms with Gasteiger partial charge < -0.3 is 0 Å². The Morgan fingerprint density at radius 3 is 3.20 bits per heavy atom. The summed E-state index contributed by atoms with van der Waals surface area (Å²) in [6.07, 6.45) is 1.57. The van der Waals surface area contributed by atoms with E-state index in [0.717, 1.165) is 19.4 Å². The van der Waals surface area contributed by atoms with Crippen LogP contribution in [-0.4, -0.2) is 44.9 Å². The maximum absolute atomic E-state index is 5.97. The van der Waals surface area contributed by atoms with E-state index in [1.165, 1.54) is 0 Å². The van der Waals surface area contributed by atoms with Gasteiger partial charge in [-0.1, -0.05) is 0 Å². The van der Waals surface area contributed by atoms with Gasteiger partial charge in [-0.25, -0.2) is 0 Å². The van der Waals surface area contributed by atoms with Crippen molar-refractivity contribution in [3.8, 4) is 5.81 Å². The molecule has 0 saturated carbocycles. The van der Waals surface area contributed by atoms with Gasteiger partial charge in [0, 0.05) is 0 Å². The van der Waals surface area contributed by atoms with Crippen molar-refractivity contribution in [2.45, 2.75) is 36.7 Å². The zero-order valence-corrected chi connectivity index (χ0v) is 9.11. The summed E-state index contributed by atoms with van der Waals surface area (Å²) in [5.41, 5.74) is -0.485. The average molecular weight is 225 g/mol. The molecule has 3 rings (SSSR count). The molecule has 3 heterocycles. The van der Waals surface area contributed by atoms with Crippen LogP contribution in [0.3, 0.4) is 0 Å². The third-order valence-corrected chi connectivity index (χ3v) is 3.68. The van der Waals surface area contributed by atoms with Gasteiger partial charge in [0.1, 0.15) is 0 Å². The minimum absolute atomic E-state index is 0.138. The van der Waals surface area contributed by atoms with Gasteiger partial charge in [0.25, 0.3) is 0 Å². The third kappa shape index (κ3) is 1.50. The van der Waals surface area contributed by atoms with Gasteiger partial charge in [0.15, 0.2) is 0 Å². The SMILES string of the molecule is [B]C1OC2CO[P+]#CO[C@H]2[C@]12CCCO2. The summed E-state index contributed by atoms with van der Waals surface area (Å²) in [5.74, 6) is 2.72. The summed E-state index contributed by atoms with van der Waals surface area (Å²) >= 11 is 0. The van der Waals surface area contributed by atoms with E-state index in [4.69, 9.17) is 26.6 Å². The predicted octanol–water partition coefficient (Wildman–Crippen LogP) is 0.622. The fourth-order valence-electron chi connectivity index (χ4n) is 2.50. The monoisotopic (exact) mass is 225 g/mol. The molecule has 0 bridgehead atoms. The molecule has 15 heavy (non-hydrogen) atoms. The molecular weight excluding hydrogens is 214 g/mol. The van der Waals surface area contributed by atoms with Crippen LogP contribution >= 0.6 is 8.26 Å². The van der Waals surface area contributed by atoms with Gasteiger partial charge in [-0.3, -0.25) is 0 Å². The summed E-state index contributed by atoms with van der Waals surface area (Å²) in [6.45, 7) is 1.21. The van der Waals surface area contributed by atoms with Crippen molar-refractivity contribution in [3.05, 3.63) is 0 Å². The molecule has 2 fully saturated rings. The quantitative estimate of drug-likeness (QED) is 0.447. The number of ether oxygens (including phenoxy) is 3. The van der Waals surface area contributed by atoms with Crippen molar-refractivity contribution < 1.29 is 18.7 Å². The molecule has 4 atom stereocenters. The molecule has 2 radical (unpaired) electrons. The first-order chi connectivity index (χ1) is 7.33. The Balaban J connectivity index is 1.91. The van der Waals surface area contributed by atoms with Gasteiger partial charge in [-0.2, -0.15) is 0 Å². The minimum atomic E-state index is -0.485. The van der Waals surface area contributed by atoms with Crippen LogP contribution in [0.5, 0.6) is 0 Å². The first-order valence-corrected chi connectivity index (χ1v) is 5.92. The van der Waals surface area contributed by atoms with E-state index in [-0.39, 0.29) is 12.2 Å². The number of fused-ring (bicyclic) bond motifs is 2. The van der Waals surface area contributed by atoms with E-state index in [0.29, 0.717) is 14.9 Å². The summed E-state index contributed by atoms with van der Waals surface area (Å²) in [4.78, 5) is 0. The molecule has 2 unspecified atom stereocenters. The second-order valence-electron chi connectivity index (χ2n) is 4.02. The van der Waals surface area contributed by atoms with Crippen LogP contribution < -0.4 is 0 Å². The molecule has 0 aliphatic carbocycles. The van der Waals surface area contributed by atoms with E-state index in [9.17, 15) is 0 Å². The second-order valence-corrected chi connectivity index (χ2v) is 4.64. The molecule has 0 N–H and O–H groups in total. The van der Waals surface area contributed by atoms with Crippen LogP contribution in [0.1, 0.15) is 12.8 Å². The van der Waals surface area contributed by atoms with Crippen LogP contribution in [0.2, 0.25) is 0 Å². The van der Waals surface area contributed by atoms with Gasteiger partial charge in [-0.15, -0.1) is 0 Å². The fraction of sp³-hybridized carbons (Fsp3) is 0.889. The van der Waals surface area contributed by atoms with Crippen molar-refractivity contribution in [2.75, 3.05) is 13.2 Å². The third-order valence-electron chi connectivity index (χ3n) is 3.23. The number of rotatable bonds is 0. The van der Waals surface area contributed by atoms with Crippen molar-refractivity contribution in [1.82, 2.24) is 0 Å². The van der Waals surface area contributed by atoms with Gasteiger partial charge in [0.2, 0.25) is 0 Å². The van der Waals surface area contributed by atoms with Crippen LogP contribution in [0.25, 0.3) is 0 Å². The molecule has 4 nitrogen and oxygen atoms in total. The van der Waals surface area contributed by atoms with Gasteiger partial charge in [0.05, 0.1) is 0 Å². The maximum atomic E-state index is 5.97. The van der Waals surface area contributed by atoms with Crippen molar-refractivity contribution in [3.63, 3.8) is 0 Å². The molecule has 6 heteroatoms. The van der Waals surface area contributed by atoms with Crippen LogP contribution in [-0.2, 0) is 18.7 Å². The van der Waals surface area contributed by atoms with Crippen molar-refractivity contribution >= 4 is 16.1 Å². The van der Waals surface area contributed by atoms with Gasteiger partial charge >= 0.3 is 90.5 Å². The summed E-state index contributed by atoms with van der Waals surface area (Å²) in [7, 11) is 6.58. The molecule has 3 aliphatic heterocycles.